The fourth-order valence-electron chi connectivity index (χ4n) is 4.38. The molecule has 0 aliphatic carbocycles. The van der Waals surface area contributed by atoms with E-state index in [1.54, 1.807) is 30.5 Å². The molecule has 1 aliphatic heterocycles. The van der Waals surface area contributed by atoms with Crippen LogP contribution in [0.5, 0.6) is 5.75 Å². The summed E-state index contributed by atoms with van der Waals surface area (Å²) < 4.78 is 5.42. The van der Waals surface area contributed by atoms with E-state index in [4.69, 9.17) is 4.74 Å². The number of benzene rings is 2. The minimum Gasteiger partial charge on any atom is -0.496 e. The van der Waals surface area contributed by atoms with E-state index in [2.05, 4.69) is 21.4 Å². The monoisotopic (exact) mass is 440 g/mol. The molecule has 166 valence electrons. The van der Waals surface area contributed by atoms with Crippen LogP contribution in [0.4, 0.5) is 0 Å². The molecule has 5 rings (SSSR count). The molecule has 7 heteroatoms. The minimum absolute atomic E-state index is 0.141. The third kappa shape index (κ3) is 4.05. The summed E-state index contributed by atoms with van der Waals surface area (Å²) in [5, 5.41) is 3.75. The van der Waals surface area contributed by atoms with Gasteiger partial charge in [0.2, 0.25) is 5.91 Å². The average molecular weight is 441 g/mol. The van der Waals surface area contributed by atoms with Crippen molar-refractivity contribution in [2.24, 2.45) is 0 Å². The molecular weight excluding hydrogens is 416 g/mol. The Morgan fingerprint density at radius 2 is 1.91 bits per heavy atom. The molecule has 0 unspecified atom stereocenters. The number of H-pyrrole nitrogens is 1. The molecule has 33 heavy (non-hydrogen) atoms. The zero-order chi connectivity index (χ0) is 22.8. The van der Waals surface area contributed by atoms with Gasteiger partial charge in [0, 0.05) is 42.8 Å². The van der Waals surface area contributed by atoms with Crippen molar-refractivity contribution in [2.45, 2.75) is 12.5 Å². The second-order valence-corrected chi connectivity index (χ2v) is 8.05. The van der Waals surface area contributed by atoms with E-state index in [1.165, 1.54) is 0 Å². The number of carbonyl (C=O) groups excluding carboxylic acids is 2. The van der Waals surface area contributed by atoms with Gasteiger partial charge in [-0.05, 0) is 47.0 Å². The Balaban J connectivity index is 1.43. The summed E-state index contributed by atoms with van der Waals surface area (Å²) in [4.78, 5) is 35.2. The zero-order valence-corrected chi connectivity index (χ0v) is 18.2. The summed E-state index contributed by atoms with van der Waals surface area (Å²) in [5.74, 6) is 0.361. The first kappa shape index (κ1) is 20.8. The number of carbonyl (C=O) groups is 2. The highest BCUT2D eigenvalue weighted by molar-refractivity contribution is 6.02. The van der Waals surface area contributed by atoms with E-state index in [1.807, 2.05) is 48.5 Å². The van der Waals surface area contributed by atoms with Crippen molar-refractivity contribution < 1.29 is 14.3 Å². The predicted molar refractivity (Wildman–Crippen MR) is 126 cm³/mol. The Morgan fingerprint density at radius 1 is 1.09 bits per heavy atom. The second-order valence-electron chi connectivity index (χ2n) is 8.05. The zero-order valence-electron chi connectivity index (χ0n) is 18.2. The molecule has 0 spiro atoms. The number of hydrogen-bond acceptors (Lipinski definition) is 4. The SMILES string of the molecule is COc1cccc2[nH]c(C(=O)N3CCNC(=O)[C@@H]3Cc3cccc(-c4ccncc4)c3)cc12. The first-order valence-electron chi connectivity index (χ1n) is 10.9. The lowest BCUT2D eigenvalue weighted by Gasteiger charge is -2.35. The molecule has 1 aliphatic rings. The van der Waals surface area contributed by atoms with Gasteiger partial charge in [-0.15, -0.1) is 0 Å². The maximum atomic E-state index is 13.5. The van der Waals surface area contributed by atoms with Gasteiger partial charge in [0.1, 0.15) is 17.5 Å². The quantitative estimate of drug-likeness (QED) is 0.498. The Labute approximate surface area is 191 Å². The second kappa shape index (κ2) is 8.78. The molecule has 0 radical (unpaired) electrons. The van der Waals surface area contributed by atoms with Crippen molar-refractivity contribution in [1.29, 1.82) is 0 Å². The first-order valence-corrected chi connectivity index (χ1v) is 10.9. The maximum absolute atomic E-state index is 13.5. The van der Waals surface area contributed by atoms with Crippen LogP contribution in [0.25, 0.3) is 22.0 Å². The summed E-state index contributed by atoms with van der Waals surface area (Å²) in [6, 6.07) is 18.8. The third-order valence-corrected chi connectivity index (χ3v) is 6.04. The van der Waals surface area contributed by atoms with E-state index < -0.39 is 6.04 Å². The number of methoxy groups -OCH3 is 1. The molecule has 2 amide bonds. The number of fused-ring (bicyclic) bond motifs is 1. The van der Waals surface area contributed by atoms with Crippen LogP contribution in [-0.4, -0.2) is 52.9 Å². The number of hydrogen-bond donors (Lipinski definition) is 2. The van der Waals surface area contributed by atoms with Crippen molar-refractivity contribution in [2.75, 3.05) is 20.2 Å². The fourth-order valence-corrected chi connectivity index (χ4v) is 4.38. The van der Waals surface area contributed by atoms with Crippen LogP contribution >= 0.6 is 0 Å². The molecule has 1 atom stereocenters. The van der Waals surface area contributed by atoms with E-state index in [-0.39, 0.29) is 11.8 Å². The van der Waals surface area contributed by atoms with Gasteiger partial charge in [-0.3, -0.25) is 14.6 Å². The van der Waals surface area contributed by atoms with Gasteiger partial charge < -0.3 is 19.9 Å². The smallest absolute Gasteiger partial charge is 0.271 e. The van der Waals surface area contributed by atoms with Gasteiger partial charge in [-0.25, -0.2) is 0 Å². The normalized spacial score (nSPS) is 16.0. The summed E-state index contributed by atoms with van der Waals surface area (Å²) in [5.41, 5.74) is 4.36. The molecule has 2 aromatic carbocycles. The molecular formula is C26H24N4O3. The van der Waals surface area contributed by atoms with Gasteiger partial charge in [-0.2, -0.15) is 0 Å². The lowest BCUT2D eigenvalue weighted by Crippen LogP contribution is -2.58. The van der Waals surface area contributed by atoms with E-state index in [0.717, 1.165) is 27.6 Å². The Kier molecular flexibility index (Phi) is 5.52. The van der Waals surface area contributed by atoms with Crippen LogP contribution in [0.3, 0.4) is 0 Å². The number of aromatic nitrogens is 2. The summed E-state index contributed by atoms with van der Waals surface area (Å²) in [6.07, 6.45) is 3.94. The molecule has 4 aromatic rings. The minimum atomic E-state index is -0.591. The Bertz CT molecular complexity index is 1320. The summed E-state index contributed by atoms with van der Waals surface area (Å²) >= 11 is 0. The van der Waals surface area contributed by atoms with Crippen LogP contribution < -0.4 is 10.1 Å². The third-order valence-electron chi connectivity index (χ3n) is 6.04. The first-order chi connectivity index (χ1) is 16.1. The molecule has 2 N–H and O–H groups in total. The highest BCUT2D eigenvalue weighted by Gasteiger charge is 2.34. The van der Waals surface area contributed by atoms with Crippen molar-refractivity contribution in [3.63, 3.8) is 0 Å². The van der Waals surface area contributed by atoms with E-state index in [9.17, 15) is 9.59 Å². The molecule has 2 aromatic heterocycles. The fraction of sp³-hybridized carbons (Fsp3) is 0.192. The lowest BCUT2D eigenvalue weighted by molar-refractivity contribution is -0.127. The number of piperazine rings is 1. The Morgan fingerprint density at radius 3 is 2.73 bits per heavy atom. The van der Waals surface area contributed by atoms with Gasteiger partial charge in [0.05, 0.1) is 7.11 Å². The number of nitrogens with zero attached hydrogens (tertiary/aromatic N) is 2. The molecule has 7 nitrogen and oxygen atoms in total. The van der Waals surface area contributed by atoms with Crippen molar-refractivity contribution in [1.82, 2.24) is 20.2 Å². The average Bonchev–Trinajstić information content (AvgIpc) is 3.30. The number of aromatic amines is 1. The molecule has 0 saturated carbocycles. The van der Waals surface area contributed by atoms with Crippen LogP contribution in [0.15, 0.2) is 73.1 Å². The van der Waals surface area contributed by atoms with Gasteiger partial charge in [0.15, 0.2) is 0 Å². The van der Waals surface area contributed by atoms with Gasteiger partial charge >= 0.3 is 0 Å². The maximum Gasteiger partial charge on any atom is 0.271 e. The van der Waals surface area contributed by atoms with E-state index >= 15 is 0 Å². The highest BCUT2D eigenvalue weighted by Crippen LogP contribution is 2.27. The predicted octanol–water partition coefficient (Wildman–Crippen LogP) is 3.42. The number of pyridine rings is 1. The van der Waals surface area contributed by atoms with E-state index in [0.29, 0.717) is 31.0 Å². The van der Waals surface area contributed by atoms with Crippen molar-refractivity contribution in [3.8, 4) is 16.9 Å². The Hall–Kier alpha value is -4.13. The number of ether oxygens (including phenoxy) is 1. The summed E-state index contributed by atoms with van der Waals surface area (Å²) in [7, 11) is 1.61. The molecule has 1 saturated heterocycles. The number of amides is 2. The van der Waals surface area contributed by atoms with Crippen LogP contribution in [0.1, 0.15) is 16.1 Å². The number of nitrogens with one attached hydrogen (secondary N) is 2. The van der Waals surface area contributed by atoms with Crippen molar-refractivity contribution >= 4 is 22.7 Å². The van der Waals surface area contributed by atoms with Crippen LogP contribution in [0, 0.1) is 0 Å². The van der Waals surface area contributed by atoms with Crippen molar-refractivity contribution in [3.05, 3.63) is 84.3 Å². The van der Waals surface area contributed by atoms with Gasteiger partial charge in [0.25, 0.3) is 5.91 Å². The standard InChI is InChI=1S/C26H24N4O3/c1-33-24-7-3-6-21-20(24)16-22(29-21)26(32)30-13-12-28-25(31)23(30)15-17-4-2-5-19(14-17)18-8-10-27-11-9-18/h2-11,14,16,23,29H,12-13,15H2,1H3,(H,28,31)/t23-/m0/s1. The molecule has 1 fully saturated rings. The van der Waals surface area contributed by atoms with Crippen LogP contribution in [0.2, 0.25) is 0 Å². The summed E-state index contributed by atoms with van der Waals surface area (Å²) in [6.45, 7) is 0.882. The van der Waals surface area contributed by atoms with Crippen LogP contribution in [-0.2, 0) is 11.2 Å². The molecule has 0 bridgehead atoms. The lowest BCUT2D eigenvalue weighted by atomic mass is 9.98. The number of rotatable bonds is 5. The van der Waals surface area contributed by atoms with Gasteiger partial charge in [-0.1, -0.05) is 30.3 Å². The molecule has 3 heterocycles. The highest BCUT2D eigenvalue weighted by atomic mass is 16.5. The topological polar surface area (TPSA) is 87.3 Å². The largest absolute Gasteiger partial charge is 0.496 e.